The van der Waals surface area contributed by atoms with Crippen LogP contribution in [0.25, 0.3) is 33.4 Å². The molecule has 0 bridgehead atoms. The van der Waals surface area contributed by atoms with Gasteiger partial charge in [-0.1, -0.05) is 6.07 Å². The molecule has 0 spiro atoms. The Bertz CT molecular complexity index is 1250. The fourth-order valence-electron chi connectivity index (χ4n) is 3.53. The number of alkyl halides is 2. The molecule has 3 heterocycles. The minimum atomic E-state index is -2.77. The van der Waals surface area contributed by atoms with E-state index in [2.05, 4.69) is 15.0 Å². The molecule has 4 nitrogen and oxygen atoms in total. The molecule has 2 aromatic carbocycles. The highest BCUT2D eigenvalue weighted by Gasteiger charge is 2.45. The maximum Gasteiger partial charge on any atom is 0.282 e. The maximum atomic E-state index is 14.3. The zero-order chi connectivity index (χ0) is 20.9. The predicted molar refractivity (Wildman–Crippen MR) is 105 cm³/mol. The smallest absolute Gasteiger partial charge is 0.282 e. The Balaban J connectivity index is 1.70. The third kappa shape index (κ3) is 3.24. The standard InChI is InChI=1S/C22H14F4N4/c23-15-4-6-18(24)17(9-15)13-3-5-16-19(8-13)28-20(14-2-1-7-27-10-14)29-21(16)30-11-22(25,26)12-30/h1-10H,11-12H2. The summed E-state index contributed by atoms with van der Waals surface area (Å²) < 4.78 is 54.9. The lowest BCUT2D eigenvalue weighted by molar-refractivity contribution is -0.0265. The number of rotatable bonds is 3. The average Bonchev–Trinajstić information content (AvgIpc) is 2.73. The number of aromatic nitrogens is 3. The summed E-state index contributed by atoms with van der Waals surface area (Å²) in [5, 5.41) is 0.554. The Morgan fingerprint density at radius 3 is 2.47 bits per heavy atom. The van der Waals surface area contributed by atoms with Crippen LogP contribution in [-0.2, 0) is 0 Å². The number of nitrogens with zero attached hydrogens (tertiary/aromatic N) is 4. The average molecular weight is 410 g/mol. The monoisotopic (exact) mass is 410 g/mol. The lowest BCUT2D eigenvalue weighted by Crippen LogP contribution is -2.56. The summed E-state index contributed by atoms with van der Waals surface area (Å²) in [6.07, 6.45) is 3.18. The van der Waals surface area contributed by atoms with Crippen molar-refractivity contribution in [2.24, 2.45) is 0 Å². The molecule has 0 N–H and O–H groups in total. The summed E-state index contributed by atoms with van der Waals surface area (Å²) in [6, 6.07) is 11.6. The van der Waals surface area contributed by atoms with Crippen LogP contribution in [0.4, 0.5) is 23.4 Å². The van der Waals surface area contributed by atoms with E-state index in [-0.39, 0.29) is 5.56 Å². The third-order valence-corrected chi connectivity index (χ3v) is 4.98. The highest BCUT2D eigenvalue weighted by atomic mass is 19.3. The summed E-state index contributed by atoms with van der Waals surface area (Å²) in [5.41, 5.74) is 1.58. The lowest BCUT2D eigenvalue weighted by atomic mass is 10.0. The normalized spacial score (nSPS) is 15.3. The van der Waals surface area contributed by atoms with E-state index in [0.29, 0.717) is 33.7 Å². The molecule has 0 unspecified atom stereocenters. The van der Waals surface area contributed by atoms with Crippen LogP contribution >= 0.6 is 0 Å². The number of fused-ring (bicyclic) bond motifs is 1. The van der Waals surface area contributed by atoms with Crippen LogP contribution in [0, 0.1) is 11.6 Å². The topological polar surface area (TPSA) is 41.9 Å². The van der Waals surface area contributed by atoms with Crippen molar-refractivity contribution < 1.29 is 17.6 Å². The fourth-order valence-corrected chi connectivity index (χ4v) is 3.53. The van der Waals surface area contributed by atoms with Crippen molar-refractivity contribution in [2.75, 3.05) is 18.0 Å². The molecule has 1 saturated heterocycles. The molecule has 0 amide bonds. The Hall–Kier alpha value is -3.55. The molecule has 1 aliphatic rings. The van der Waals surface area contributed by atoms with E-state index in [0.717, 1.165) is 18.2 Å². The summed E-state index contributed by atoms with van der Waals surface area (Å²) in [7, 11) is 0. The Kier molecular flexibility index (Phi) is 4.16. The van der Waals surface area contributed by atoms with Crippen molar-refractivity contribution in [3.63, 3.8) is 0 Å². The van der Waals surface area contributed by atoms with Gasteiger partial charge in [-0.3, -0.25) is 4.98 Å². The van der Waals surface area contributed by atoms with Gasteiger partial charge in [-0.2, -0.15) is 0 Å². The molecule has 1 fully saturated rings. The van der Waals surface area contributed by atoms with Crippen LogP contribution in [-0.4, -0.2) is 34.0 Å². The van der Waals surface area contributed by atoms with Crippen molar-refractivity contribution in [3.05, 3.63) is 72.6 Å². The molecule has 30 heavy (non-hydrogen) atoms. The molecule has 0 atom stereocenters. The quantitative estimate of drug-likeness (QED) is 0.441. The summed E-state index contributed by atoms with van der Waals surface area (Å²) in [6.45, 7) is -0.877. The van der Waals surface area contributed by atoms with Gasteiger partial charge in [0.15, 0.2) is 5.82 Å². The highest BCUT2D eigenvalue weighted by Crippen LogP contribution is 2.37. The zero-order valence-corrected chi connectivity index (χ0v) is 15.5. The van der Waals surface area contributed by atoms with E-state index in [4.69, 9.17) is 0 Å². The first-order valence-corrected chi connectivity index (χ1v) is 9.20. The molecule has 0 aliphatic carbocycles. The molecule has 2 aromatic heterocycles. The summed E-state index contributed by atoms with van der Waals surface area (Å²) in [5.74, 6) is -3.21. The molecular formula is C22H14F4N4. The second-order valence-electron chi connectivity index (χ2n) is 7.18. The summed E-state index contributed by atoms with van der Waals surface area (Å²) >= 11 is 0. The van der Waals surface area contributed by atoms with Crippen molar-refractivity contribution in [1.82, 2.24) is 15.0 Å². The van der Waals surface area contributed by atoms with E-state index in [1.165, 1.54) is 4.90 Å². The van der Waals surface area contributed by atoms with Gasteiger partial charge in [-0.05, 0) is 48.0 Å². The van der Waals surface area contributed by atoms with E-state index >= 15 is 0 Å². The number of pyridine rings is 1. The van der Waals surface area contributed by atoms with E-state index in [1.807, 2.05) is 0 Å². The van der Waals surface area contributed by atoms with Crippen molar-refractivity contribution in [1.29, 1.82) is 0 Å². The zero-order valence-electron chi connectivity index (χ0n) is 15.5. The van der Waals surface area contributed by atoms with Gasteiger partial charge >= 0.3 is 0 Å². The van der Waals surface area contributed by atoms with Gasteiger partial charge in [0, 0.05) is 28.9 Å². The second-order valence-corrected chi connectivity index (χ2v) is 7.18. The largest absolute Gasteiger partial charge is 0.344 e. The van der Waals surface area contributed by atoms with E-state index < -0.39 is 30.6 Å². The van der Waals surface area contributed by atoms with Gasteiger partial charge in [0.2, 0.25) is 0 Å². The Labute approximate surface area is 168 Å². The SMILES string of the molecule is Fc1ccc(F)c(-c2ccc3c(N4CC(F)(F)C4)nc(-c4cccnc4)nc3c2)c1. The minimum absolute atomic E-state index is 0.0930. The molecule has 5 rings (SSSR count). The molecule has 150 valence electrons. The van der Waals surface area contributed by atoms with E-state index in [1.54, 1.807) is 42.7 Å². The number of anilines is 1. The lowest BCUT2D eigenvalue weighted by Gasteiger charge is -2.40. The van der Waals surface area contributed by atoms with Crippen LogP contribution in [0.15, 0.2) is 60.9 Å². The van der Waals surface area contributed by atoms with Gasteiger partial charge in [-0.25, -0.2) is 27.5 Å². The highest BCUT2D eigenvalue weighted by molar-refractivity contribution is 5.94. The van der Waals surface area contributed by atoms with Gasteiger partial charge < -0.3 is 4.90 Å². The van der Waals surface area contributed by atoms with Crippen LogP contribution in [0.1, 0.15) is 0 Å². The van der Waals surface area contributed by atoms with Crippen LogP contribution in [0.5, 0.6) is 0 Å². The Morgan fingerprint density at radius 2 is 1.73 bits per heavy atom. The van der Waals surface area contributed by atoms with Gasteiger partial charge in [0.1, 0.15) is 17.5 Å². The molecular weight excluding hydrogens is 396 g/mol. The molecule has 1 aliphatic heterocycles. The Morgan fingerprint density at radius 1 is 0.900 bits per heavy atom. The van der Waals surface area contributed by atoms with Crippen LogP contribution < -0.4 is 4.90 Å². The number of hydrogen-bond acceptors (Lipinski definition) is 4. The summed E-state index contributed by atoms with van der Waals surface area (Å²) in [4.78, 5) is 14.6. The van der Waals surface area contributed by atoms with Crippen molar-refractivity contribution >= 4 is 16.7 Å². The van der Waals surface area contributed by atoms with Crippen molar-refractivity contribution in [3.8, 4) is 22.5 Å². The van der Waals surface area contributed by atoms with Crippen LogP contribution in [0.2, 0.25) is 0 Å². The van der Waals surface area contributed by atoms with Gasteiger partial charge in [-0.15, -0.1) is 0 Å². The number of benzene rings is 2. The number of hydrogen-bond donors (Lipinski definition) is 0. The predicted octanol–water partition coefficient (Wildman–Crippen LogP) is 5.09. The first kappa shape index (κ1) is 18.5. The van der Waals surface area contributed by atoms with Crippen LogP contribution in [0.3, 0.4) is 0 Å². The molecule has 4 aromatic rings. The first-order valence-electron chi connectivity index (χ1n) is 9.20. The number of halogens is 4. The molecule has 0 saturated carbocycles. The third-order valence-electron chi connectivity index (χ3n) is 4.98. The van der Waals surface area contributed by atoms with Crippen molar-refractivity contribution in [2.45, 2.75) is 5.92 Å². The van der Waals surface area contributed by atoms with E-state index in [9.17, 15) is 17.6 Å². The second kappa shape index (κ2) is 6.76. The van der Waals surface area contributed by atoms with Gasteiger partial charge in [0.05, 0.1) is 18.6 Å². The fraction of sp³-hybridized carbons (Fsp3) is 0.136. The molecule has 0 radical (unpaired) electrons. The van der Waals surface area contributed by atoms with Gasteiger partial charge in [0.25, 0.3) is 5.92 Å². The first-order chi connectivity index (χ1) is 14.4. The molecule has 8 heteroatoms. The maximum absolute atomic E-state index is 14.3. The minimum Gasteiger partial charge on any atom is -0.344 e.